The Morgan fingerprint density at radius 1 is 0.739 bits per heavy atom. The van der Waals surface area contributed by atoms with Crippen LogP contribution < -0.4 is 0 Å². The van der Waals surface area contributed by atoms with Gasteiger partial charge in [0.25, 0.3) is 0 Å². The first-order valence-electron chi connectivity index (χ1n) is 10.4. The highest BCUT2D eigenvalue weighted by atomic mass is 16.7. The van der Waals surface area contributed by atoms with Gasteiger partial charge < -0.3 is 9.47 Å². The molecule has 0 unspecified atom stereocenters. The fourth-order valence-corrected chi connectivity index (χ4v) is 3.01. The third kappa shape index (κ3) is 15.2. The lowest BCUT2D eigenvalue weighted by atomic mass is 9.99. The van der Waals surface area contributed by atoms with Crippen molar-refractivity contribution in [3.63, 3.8) is 0 Å². The number of unbranched alkanes of at least 4 members (excludes halogenated alkanes) is 7. The van der Waals surface area contributed by atoms with Gasteiger partial charge in [0.05, 0.1) is 5.60 Å². The van der Waals surface area contributed by atoms with Gasteiger partial charge in [0.15, 0.2) is 0 Å². The Morgan fingerprint density at radius 3 is 1.52 bits per heavy atom. The van der Waals surface area contributed by atoms with Crippen LogP contribution in [0.25, 0.3) is 0 Å². The summed E-state index contributed by atoms with van der Waals surface area (Å²) < 4.78 is 10.6. The summed E-state index contributed by atoms with van der Waals surface area (Å²) in [6.45, 7) is 11.2. The van der Waals surface area contributed by atoms with E-state index in [1.54, 1.807) is 7.11 Å². The van der Waals surface area contributed by atoms with Crippen LogP contribution in [0.15, 0.2) is 0 Å². The number of hydrogen-bond acceptors (Lipinski definition) is 2. The lowest BCUT2D eigenvalue weighted by Crippen LogP contribution is -2.28. The normalized spacial score (nSPS) is 15.4. The number of rotatable bonds is 11. The molecule has 0 aromatic heterocycles. The van der Waals surface area contributed by atoms with Gasteiger partial charge in [-0.05, 0) is 19.3 Å². The van der Waals surface area contributed by atoms with E-state index in [1.165, 1.54) is 77.0 Å². The average molecular weight is 331 g/mol. The molecule has 1 fully saturated rings. The second-order valence-electron chi connectivity index (χ2n) is 6.42. The van der Waals surface area contributed by atoms with Crippen molar-refractivity contribution in [2.75, 3.05) is 13.9 Å². The molecule has 0 atom stereocenters. The van der Waals surface area contributed by atoms with Crippen LogP contribution in [0.4, 0.5) is 0 Å². The van der Waals surface area contributed by atoms with Gasteiger partial charge in [-0.2, -0.15) is 0 Å². The molecule has 0 saturated heterocycles. The number of methoxy groups -OCH3 is 1. The summed E-state index contributed by atoms with van der Waals surface area (Å²) >= 11 is 0. The van der Waals surface area contributed by atoms with E-state index in [0.29, 0.717) is 6.79 Å². The minimum Gasteiger partial charge on any atom is -0.359 e. The van der Waals surface area contributed by atoms with Crippen molar-refractivity contribution in [2.24, 2.45) is 0 Å². The van der Waals surface area contributed by atoms with E-state index in [-0.39, 0.29) is 5.60 Å². The summed E-state index contributed by atoms with van der Waals surface area (Å²) in [5.74, 6) is 0. The molecule has 0 radical (unpaired) electrons. The third-order valence-corrected chi connectivity index (χ3v) is 4.60. The van der Waals surface area contributed by atoms with Crippen LogP contribution in [-0.4, -0.2) is 19.5 Å². The van der Waals surface area contributed by atoms with Crippen LogP contribution in [0.5, 0.6) is 0 Å². The van der Waals surface area contributed by atoms with Crippen molar-refractivity contribution in [3.8, 4) is 0 Å². The van der Waals surface area contributed by atoms with Crippen LogP contribution in [0.1, 0.15) is 118 Å². The second-order valence-corrected chi connectivity index (χ2v) is 6.42. The molecule has 0 heterocycles. The van der Waals surface area contributed by atoms with Gasteiger partial charge in [0, 0.05) is 7.11 Å². The topological polar surface area (TPSA) is 18.5 Å². The molecule has 0 amide bonds. The SMILES string of the molecule is CC.CCC1(OCOC)CCCC1.CCCCCCCCCC. The van der Waals surface area contributed by atoms with Crippen LogP contribution in [0, 0.1) is 0 Å². The molecule has 1 aliphatic carbocycles. The molecule has 0 spiro atoms. The van der Waals surface area contributed by atoms with Gasteiger partial charge in [-0.15, -0.1) is 0 Å². The van der Waals surface area contributed by atoms with E-state index in [4.69, 9.17) is 9.47 Å². The molecule has 0 bridgehead atoms. The van der Waals surface area contributed by atoms with Gasteiger partial charge in [0.2, 0.25) is 0 Å². The molecule has 2 nitrogen and oxygen atoms in total. The van der Waals surface area contributed by atoms with Crippen molar-refractivity contribution < 1.29 is 9.47 Å². The van der Waals surface area contributed by atoms with E-state index in [1.807, 2.05) is 13.8 Å². The fourth-order valence-electron chi connectivity index (χ4n) is 3.01. The molecule has 1 rings (SSSR count). The molecule has 23 heavy (non-hydrogen) atoms. The van der Waals surface area contributed by atoms with Crippen LogP contribution in [0.2, 0.25) is 0 Å². The minimum atomic E-state index is 0.163. The average Bonchev–Trinajstić information content (AvgIpc) is 3.08. The molecular weight excluding hydrogens is 284 g/mol. The summed E-state index contributed by atoms with van der Waals surface area (Å²) in [5.41, 5.74) is 0.163. The first-order chi connectivity index (χ1) is 11.2. The summed E-state index contributed by atoms with van der Waals surface area (Å²) in [5, 5.41) is 0. The molecule has 142 valence electrons. The predicted molar refractivity (Wildman–Crippen MR) is 104 cm³/mol. The Morgan fingerprint density at radius 2 is 1.17 bits per heavy atom. The van der Waals surface area contributed by atoms with Crippen molar-refractivity contribution in [1.82, 2.24) is 0 Å². The van der Waals surface area contributed by atoms with E-state index >= 15 is 0 Å². The Labute approximate surface area is 147 Å². The largest absolute Gasteiger partial charge is 0.359 e. The molecule has 0 aromatic carbocycles. The van der Waals surface area contributed by atoms with Crippen molar-refractivity contribution in [2.45, 2.75) is 124 Å². The Bertz CT molecular complexity index is 190. The monoisotopic (exact) mass is 330 g/mol. The maximum atomic E-state index is 5.67. The first kappa shape index (κ1) is 25.2. The van der Waals surface area contributed by atoms with Crippen molar-refractivity contribution in [3.05, 3.63) is 0 Å². The second kappa shape index (κ2) is 20.0. The molecular formula is C21H46O2. The minimum absolute atomic E-state index is 0.163. The lowest BCUT2D eigenvalue weighted by molar-refractivity contribution is -0.129. The van der Waals surface area contributed by atoms with Gasteiger partial charge in [0.1, 0.15) is 6.79 Å². The molecule has 1 aliphatic rings. The zero-order chi connectivity index (χ0) is 17.8. The smallest absolute Gasteiger partial charge is 0.147 e. The van der Waals surface area contributed by atoms with E-state index < -0.39 is 0 Å². The number of hydrogen-bond donors (Lipinski definition) is 0. The first-order valence-corrected chi connectivity index (χ1v) is 10.4. The molecule has 0 N–H and O–H groups in total. The zero-order valence-corrected chi connectivity index (χ0v) is 17.2. The third-order valence-electron chi connectivity index (χ3n) is 4.60. The van der Waals surface area contributed by atoms with Gasteiger partial charge in [-0.1, -0.05) is 98.8 Å². The number of ether oxygens (including phenoxy) is 2. The highest BCUT2D eigenvalue weighted by Crippen LogP contribution is 2.35. The molecule has 0 aromatic rings. The summed E-state index contributed by atoms with van der Waals surface area (Å²) in [6.07, 6.45) is 17.6. The highest BCUT2D eigenvalue weighted by molar-refractivity contribution is 4.84. The van der Waals surface area contributed by atoms with Crippen LogP contribution >= 0.6 is 0 Å². The maximum Gasteiger partial charge on any atom is 0.147 e. The van der Waals surface area contributed by atoms with Crippen LogP contribution in [-0.2, 0) is 9.47 Å². The van der Waals surface area contributed by atoms with Gasteiger partial charge in [-0.25, -0.2) is 0 Å². The molecule has 0 aliphatic heterocycles. The van der Waals surface area contributed by atoms with Crippen LogP contribution in [0.3, 0.4) is 0 Å². The van der Waals surface area contributed by atoms with Gasteiger partial charge >= 0.3 is 0 Å². The van der Waals surface area contributed by atoms with Crippen molar-refractivity contribution >= 4 is 0 Å². The van der Waals surface area contributed by atoms with Gasteiger partial charge in [-0.3, -0.25) is 0 Å². The Balaban J connectivity index is 0. The maximum absolute atomic E-state index is 5.67. The zero-order valence-electron chi connectivity index (χ0n) is 17.2. The lowest BCUT2D eigenvalue weighted by Gasteiger charge is -2.27. The standard InChI is InChI=1S/C10H22.C9H18O2.C2H6/c1-3-5-7-9-10-8-6-4-2;1-3-9(11-8-10-2)6-4-5-7-9;1-2/h3-10H2,1-2H3;3-8H2,1-2H3;1-2H3. The highest BCUT2D eigenvalue weighted by Gasteiger charge is 2.32. The summed E-state index contributed by atoms with van der Waals surface area (Å²) in [4.78, 5) is 0. The Hall–Kier alpha value is -0.0800. The van der Waals surface area contributed by atoms with Crippen molar-refractivity contribution in [1.29, 1.82) is 0 Å². The Kier molecular flexibility index (Phi) is 21.8. The van der Waals surface area contributed by atoms with E-state index in [2.05, 4.69) is 20.8 Å². The van der Waals surface area contributed by atoms with E-state index in [0.717, 1.165) is 6.42 Å². The quantitative estimate of drug-likeness (QED) is 0.288. The summed E-state index contributed by atoms with van der Waals surface area (Å²) in [6, 6.07) is 0. The summed E-state index contributed by atoms with van der Waals surface area (Å²) in [7, 11) is 1.68. The van der Waals surface area contributed by atoms with E-state index in [9.17, 15) is 0 Å². The molecule has 2 heteroatoms. The fraction of sp³-hybridized carbons (Fsp3) is 1.00. The predicted octanol–water partition coefficient (Wildman–Crippen LogP) is 7.50. The molecule has 1 saturated carbocycles.